The van der Waals surface area contributed by atoms with Crippen LogP contribution < -0.4 is 0 Å². The summed E-state index contributed by atoms with van der Waals surface area (Å²) in [7, 11) is 0. The molecule has 1 heteroatoms. The summed E-state index contributed by atoms with van der Waals surface area (Å²) >= 11 is 0. The topological polar surface area (TPSA) is 17.1 Å². The lowest BCUT2D eigenvalue weighted by Gasteiger charge is -1.90. The number of aryl methyl sites for hydroxylation is 2. The van der Waals surface area contributed by atoms with Crippen molar-refractivity contribution >= 4 is 5.78 Å². The zero-order valence-corrected chi connectivity index (χ0v) is 9.63. The van der Waals surface area contributed by atoms with Crippen LogP contribution in [0.2, 0.25) is 0 Å². The van der Waals surface area contributed by atoms with Gasteiger partial charge in [0.1, 0.15) is 5.78 Å². The van der Waals surface area contributed by atoms with Gasteiger partial charge in [-0.2, -0.15) is 0 Å². The van der Waals surface area contributed by atoms with Crippen molar-refractivity contribution in [1.29, 1.82) is 0 Å². The Morgan fingerprint density at radius 3 is 1.57 bits per heavy atom. The van der Waals surface area contributed by atoms with Gasteiger partial charge in [-0.15, -0.1) is 0 Å². The molecule has 0 aromatic heterocycles. The van der Waals surface area contributed by atoms with Crippen LogP contribution in [-0.4, -0.2) is 5.78 Å². The number of ketones is 1. The van der Waals surface area contributed by atoms with Gasteiger partial charge in [-0.05, 0) is 27.2 Å². The van der Waals surface area contributed by atoms with Crippen LogP contribution in [0.5, 0.6) is 0 Å². The predicted molar refractivity (Wildman–Crippen MR) is 61.5 cm³/mol. The van der Waals surface area contributed by atoms with Crippen LogP contribution >= 0.6 is 0 Å². The highest BCUT2D eigenvalue weighted by Crippen LogP contribution is 1.99. The molecule has 78 valence electrons. The van der Waals surface area contributed by atoms with E-state index < -0.39 is 0 Å². The van der Waals surface area contributed by atoms with Gasteiger partial charge in [0, 0.05) is 6.42 Å². The van der Waals surface area contributed by atoms with Crippen molar-refractivity contribution in [2.45, 2.75) is 40.5 Å². The fourth-order valence-corrected chi connectivity index (χ4v) is 0.989. The molecule has 1 rings (SSSR count). The van der Waals surface area contributed by atoms with Gasteiger partial charge in [-0.25, -0.2) is 0 Å². The summed E-state index contributed by atoms with van der Waals surface area (Å²) in [5, 5.41) is 0. The molecule has 0 aliphatic heterocycles. The number of hydrogen-bond acceptors (Lipinski definition) is 1. The average molecular weight is 192 g/mol. The van der Waals surface area contributed by atoms with E-state index in [9.17, 15) is 4.79 Å². The summed E-state index contributed by atoms with van der Waals surface area (Å²) in [5.41, 5.74) is 2.66. The van der Waals surface area contributed by atoms with E-state index in [0.29, 0.717) is 0 Å². The third kappa shape index (κ3) is 7.53. The molecule has 1 aromatic rings. The molecule has 0 heterocycles. The molecule has 0 radical (unpaired) electrons. The zero-order chi connectivity index (χ0) is 11.0. The normalized spacial score (nSPS) is 8.86. The highest BCUT2D eigenvalue weighted by Gasteiger charge is 1.83. The van der Waals surface area contributed by atoms with Crippen LogP contribution in [0.4, 0.5) is 0 Å². The molecule has 0 fully saturated rings. The molecule has 0 saturated heterocycles. The van der Waals surface area contributed by atoms with Crippen molar-refractivity contribution in [2.75, 3.05) is 0 Å². The van der Waals surface area contributed by atoms with Gasteiger partial charge in [-0.1, -0.05) is 42.3 Å². The number of rotatable bonds is 2. The third-order valence-electron chi connectivity index (χ3n) is 1.82. The molecule has 0 aliphatic rings. The molecule has 0 saturated carbocycles. The van der Waals surface area contributed by atoms with Gasteiger partial charge < -0.3 is 4.79 Å². The predicted octanol–water partition coefficient (Wildman–Crippen LogP) is 3.68. The maximum Gasteiger partial charge on any atom is 0.129 e. The van der Waals surface area contributed by atoms with Crippen LogP contribution in [0.1, 0.15) is 37.8 Å². The fraction of sp³-hybridized carbons (Fsp3) is 0.462. The molecule has 1 nitrogen and oxygen atoms in total. The summed E-state index contributed by atoms with van der Waals surface area (Å²) in [4.78, 5) is 10.0. The van der Waals surface area contributed by atoms with Crippen molar-refractivity contribution in [2.24, 2.45) is 0 Å². The van der Waals surface area contributed by atoms with E-state index in [2.05, 4.69) is 38.1 Å². The lowest BCUT2D eigenvalue weighted by atomic mass is 10.2. The van der Waals surface area contributed by atoms with Crippen LogP contribution in [-0.2, 0) is 4.79 Å². The first kappa shape index (κ1) is 12.9. The molecule has 0 amide bonds. The van der Waals surface area contributed by atoms with Crippen molar-refractivity contribution in [1.82, 2.24) is 0 Å². The largest absolute Gasteiger partial charge is 0.300 e. The molecule has 1 aromatic carbocycles. The Labute approximate surface area is 87.2 Å². The van der Waals surface area contributed by atoms with Gasteiger partial charge in [0.2, 0.25) is 0 Å². The molecular weight excluding hydrogens is 172 g/mol. The molecule has 0 aliphatic carbocycles. The summed E-state index contributed by atoms with van der Waals surface area (Å²) in [6.45, 7) is 7.81. The van der Waals surface area contributed by atoms with E-state index in [0.717, 1.165) is 12.8 Å². The van der Waals surface area contributed by atoms with Gasteiger partial charge in [0.15, 0.2) is 0 Å². The number of carbonyl (C=O) groups is 1. The fourth-order valence-electron chi connectivity index (χ4n) is 0.989. The van der Waals surface area contributed by atoms with Crippen molar-refractivity contribution in [3.05, 3.63) is 35.4 Å². The lowest BCUT2D eigenvalue weighted by molar-refractivity contribution is -0.117. The molecular formula is C13H20O. The SMILES string of the molecule is CCCC(C)=O.Cc1ccc(C)cc1. The van der Waals surface area contributed by atoms with E-state index in [4.69, 9.17) is 0 Å². The number of carbonyl (C=O) groups excluding carboxylic acids is 1. The Morgan fingerprint density at radius 2 is 1.43 bits per heavy atom. The minimum Gasteiger partial charge on any atom is -0.300 e. The molecule has 0 N–H and O–H groups in total. The zero-order valence-electron chi connectivity index (χ0n) is 9.63. The van der Waals surface area contributed by atoms with Crippen molar-refractivity contribution < 1.29 is 4.79 Å². The summed E-state index contributed by atoms with van der Waals surface area (Å²) in [6.07, 6.45) is 1.72. The van der Waals surface area contributed by atoms with E-state index in [1.54, 1.807) is 6.92 Å². The number of Topliss-reactive ketones (excluding diaryl/α,β-unsaturated/α-hetero) is 1. The van der Waals surface area contributed by atoms with E-state index in [-0.39, 0.29) is 5.78 Å². The summed E-state index contributed by atoms with van der Waals surface area (Å²) in [5.74, 6) is 0.289. The minimum absolute atomic E-state index is 0.289. The summed E-state index contributed by atoms with van der Waals surface area (Å²) < 4.78 is 0. The number of hydrogen-bond donors (Lipinski definition) is 0. The highest BCUT2D eigenvalue weighted by molar-refractivity contribution is 5.75. The Balaban J connectivity index is 0.000000255. The second kappa shape index (κ2) is 7.31. The first-order valence-electron chi connectivity index (χ1n) is 5.09. The monoisotopic (exact) mass is 192 g/mol. The van der Waals surface area contributed by atoms with Crippen molar-refractivity contribution in [3.8, 4) is 0 Å². The number of benzene rings is 1. The maximum absolute atomic E-state index is 10.0. The van der Waals surface area contributed by atoms with Gasteiger partial charge in [-0.3, -0.25) is 0 Å². The molecule has 0 bridgehead atoms. The first-order chi connectivity index (χ1) is 6.56. The standard InChI is InChI=1S/C8H10.C5H10O/c1-7-3-5-8(2)6-4-7;1-3-4-5(2)6/h3-6H,1-2H3;3-4H2,1-2H3. The molecule has 0 spiro atoms. The van der Waals surface area contributed by atoms with E-state index in [1.165, 1.54) is 11.1 Å². The van der Waals surface area contributed by atoms with Gasteiger partial charge in [0.25, 0.3) is 0 Å². The van der Waals surface area contributed by atoms with Crippen LogP contribution in [0.3, 0.4) is 0 Å². The van der Waals surface area contributed by atoms with E-state index in [1.807, 2.05) is 6.92 Å². The Morgan fingerprint density at radius 1 is 1.07 bits per heavy atom. The smallest absolute Gasteiger partial charge is 0.129 e. The Hall–Kier alpha value is -1.11. The molecule has 0 unspecified atom stereocenters. The van der Waals surface area contributed by atoms with Gasteiger partial charge in [0.05, 0.1) is 0 Å². The quantitative estimate of drug-likeness (QED) is 0.698. The lowest BCUT2D eigenvalue weighted by Crippen LogP contribution is -1.84. The van der Waals surface area contributed by atoms with E-state index >= 15 is 0 Å². The Bertz CT molecular complexity index is 238. The second-order valence-corrected chi connectivity index (χ2v) is 3.61. The second-order valence-electron chi connectivity index (χ2n) is 3.61. The highest BCUT2D eigenvalue weighted by atomic mass is 16.1. The third-order valence-corrected chi connectivity index (χ3v) is 1.82. The first-order valence-corrected chi connectivity index (χ1v) is 5.09. The molecule has 0 atom stereocenters. The van der Waals surface area contributed by atoms with Crippen LogP contribution in [0.25, 0.3) is 0 Å². The maximum atomic E-state index is 10.0. The summed E-state index contributed by atoms with van der Waals surface area (Å²) in [6, 6.07) is 8.48. The van der Waals surface area contributed by atoms with Gasteiger partial charge >= 0.3 is 0 Å². The minimum atomic E-state index is 0.289. The molecule has 14 heavy (non-hydrogen) atoms. The van der Waals surface area contributed by atoms with Crippen molar-refractivity contribution in [3.63, 3.8) is 0 Å². The Kier molecular flexibility index (Phi) is 6.73. The average Bonchev–Trinajstić information content (AvgIpc) is 2.11. The van der Waals surface area contributed by atoms with Crippen LogP contribution in [0.15, 0.2) is 24.3 Å². The van der Waals surface area contributed by atoms with Crippen LogP contribution in [0, 0.1) is 13.8 Å².